The molecule has 0 spiro atoms. The normalized spacial score (nSPS) is 12.8. The van der Waals surface area contributed by atoms with Crippen LogP contribution in [0.25, 0.3) is 0 Å². The molecule has 1 unspecified atom stereocenters. The van der Waals surface area contributed by atoms with Gasteiger partial charge < -0.3 is 10.2 Å². The van der Waals surface area contributed by atoms with Gasteiger partial charge in [0.05, 0.1) is 0 Å². The van der Waals surface area contributed by atoms with E-state index in [9.17, 15) is 8.78 Å². The summed E-state index contributed by atoms with van der Waals surface area (Å²) >= 11 is 1.74. The minimum Gasteiger partial charge on any atom is -0.367 e. The molecular weight excluding hydrogens is 290 g/mol. The molecule has 0 amide bonds. The molecule has 0 heterocycles. The van der Waals surface area contributed by atoms with Crippen LogP contribution in [0.3, 0.4) is 0 Å². The van der Waals surface area contributed by atoms with E-state index in [2.05, 4.69) is 5.32 Å². The SMILES string of the molecule is CSCCC(C)N(C)c1c(F)cc(CNC(C)C)cc1F. The molecular formula is C16H26F2N2S. The molecule has 1 aromatic rings. The minimum absolute atomic E-state index is 0.0666. The van der Waals surface area contributed by atoms with Gasteiger partial charge in [-0.3, -0.25) is 0 Å². The first-order chi connectivity index (χ1) is 9.86. The first-order valence-corrected chi connectivity index (χ1v) is 8.69. The molecule has 0 aliphatic heterocycles. The van der Waals surface area contributed by atoms with Crippen molar-refractivity contribution in [2.75, 3.05) is 24.0 Å². The van der Waals surface area contributed by atoms with Crippen LogP contribution in [0.2, 0.25) is 0 Å². The first kappa shape index (κ1) is 18.2. The maximum atomic E-state index is 14.3. The average molecular weight is 316 g/mol. The summed E-state index contributed by atoms with van der Waals surface area (Å²) in [5.74, 6) is -0.00591. The molecule has 2 nitrogen and oxygen atoms in total. The van der Waals surface area contributed by atoms with Crippen molar-refractivity contribution < 1.29 is 8.78 Å². The Labute approximate surface area is 131 Å². The maximum absolute atomic E-state index is 14.3. The lowest BCUT2D eigenvalue weighted by molar-refractivity contribution is 0.545. The number of hydrogen-bond donors (Lipinski definition) is 1. The van der Waals surface area contributed by atoms with Crippen molar-refractivity contribution in [1.29, 1.82) is 0 Å². The smallest absolute Gasteiger partial charge is 0.149 e. The van der Waals surface area contributed by atoms with E-state index < -0.39 is 11.6 Å². The van der Waals surface area contributed by atoms with Crippen molar-refractivity contribution in [2.45, 2.75) is 45.8 Å². The number of nitrogens with one attached hydrogen (secondary N) is 1. The molecule has 1 rings (SSSR count). The van der Waals surface area contributed by atoms with Crippen molar-refractivity contribution >= 4 is 17.4 Å². The van der Waals surface area contributed by atoms with Gasteiger partial charge in [-0.1, -0.05) is 13.8 Å². The predicted molar refractivity (Wildman–Crippen MR) is 89.2 cm³/mol. The van der Waals surface area contributed by atoms with E-state index in [1.807, 2.05) is 27.0 Å². The van der Waals surface area contributed by atoms with Crippen molar-refractivity contribution in [1.82, 2.24) is 5.32 Å². The van der Waals surface area contributed by atoms with Gasteiger partial charge in [0.15, 0.2) is 0 Å². The molecule has 0 aliphatic rings. The number of rotatable bonds is 8. The zero-order valence-electron chi connectivity index (χ0n) is 13.5. The van der Waals surface area contributed by atoms with Crippen LogP contribution < -0.4 is 10.2 Å². The monoisotopic (exact) mass is 316 g/mol. The zero-order valence-corrected chi connectivity index (χ0v) is 14.4. The number of hydrogen-bond acceptors (Lipinski definition) is 3. The van der Waals surface area contributed by atoms with Crippen LogP contribution in [0.15, 0.2) is 12.1 Å². The Morgan fingerprint density at radius 1 is 1.19 bits per heavy atom. The van der Waals surface area contributed by atoms with Crippen molar-refractivity contribution in [3.8, 4) is 0 Å². The Morgan fingerprint density at radius 2 is 1.76 bits per heavy atom. The molecule has 1 atom stereocenters. The van der Waals surface area contributed by atoms with Gasteiger partial charge in [0.2, 0.25) is 0 Å². The topological polar surface area (TPSA) is 15.3 Å². The highest BCUT2D eigenvalue weighted by Gasteiger charge is 2.19. The second-order valence-corrected chi connectivity index (χ2v) is 6.67. The fourth-order valence-corrected chi connectivity index (χ4v) is 2.66. The van der Waals surface area contributed by atoms with Gasteiger partial charge in [0.25, 0.3) is 0 Å². The lowest BCUT2D eigenvalue weighted by atomic mass is 10.1. The summed E-state index contributed by atoms with van der Waals surface area (Å²) in [4.78, 5) is 1.69. The molecule has 5 heteroatoms. The van der Waals surface area contributed by atoms with Gasteiger partial charge in [-0.25, -0.2) is 8.78 Å². The molecule has 0 saturated carbocycles. The maximum Gasteiger partial charge on any atom is 0.149 e. The first-order valence-electron chi connectivity index (χ1n) is 7.29. The van der Waals surface area contributed by atoms with Crippen LogP contribution >= 0.6 is 11.8 Å². The highest BCUT2D eigenvalue weighted by atomic mass is 32.2. The van der Waals surface area contributed by atoms with Gasteiger partial charge in [-0.15, -0.1) is 0 Å². The molecule has 1 N–H and O–H groups in total. The van der Waals surface area contributed by atoms with Crippen LogP contribution in [-0.2, 0) is 6.54 Å². The van der Waals surface area contributed by atoms with E-state index in [0.29, 0.717) is 12.1 Å². The van der Waals surface area contributed by atoms with Gasteiger partial charge in [-0.05, 0) is 43.0 Å². The molecule has 21 heavy (non-hydrogen) atoms. The Morgan fingerprint density at radius 3 is 2.24 bits per heavy atom. The van der Waals surface area contributed by atoms with Crippen LogP contribution in [-0.4, -0.2) is 31.1 Å². The predicted octanol–water partition coefficient (Wildman–Crippen LogP) is 4.04. The lowest BCUT2D eigenvalue weighted by Crippen LogP contribution is -2.31. The second kappa shape index (κ2) is 8.59. The summed E-state index contributed by atoms with van der Waals surface area (Å²) in [7, 11) is 1.75. The van der Waals surface area contributed by atoms with Gasteiger partial charge >= 0.3 is 0 Å². The van der Waals surface area contributed by atoms with Crippen molar-refractivity contribution in [2.24, 2.45) is 0 Å². The highest BCUT2D eigenvalue weighted by Crippen LogP contribution is 2.26. The molecule has 0 aliphatic carbocycles. The van der Waals surface area contributed by atoms with E-state index in [1.54, 1.807) is 23.7 Å². The Bertz CT molecular complexity index is 429. The van der Waals surface area contributed by atoms with E-state index in [1.165, 1.54) is 12.1 Å². The summed E-state index contributed by atoms with van der Waals surface area (Å²) in [6.45, 7) is 6.46. The van der Waals surface area contributed by atoms with E-state index in [4.69, 9.17) is 0 Å². The molecule has 120 valence electrons. The number of benzene rings is 1. The van der Waals surface area contributed by atoms with E-state index in [0.717, 1.165) is 12.2 Å². The largest absolute Gasteiger partial charge is 0.367 e. The Balaban J connectivity index is 2.88. The molecule has 0 saturated heterocycles. The summed E-state index contributed by atoms with van der Waals surface area (Å²) in [6, 6.07) is 3.23. The van der Waals surface area contributed by atoms with E-state index >= 15 is 0 Å². The fourth-order valence-electron chi connectivity index (χ4n) is 2.08. The quantitative estimate of drug-likeness (QED) is 0.779. The fraction of sp³-hybridized carbons (Fsp3) is 0.625. The molecule has 1 aromatic carbocycles. The summed E-state index contributed by atoms with van der Waals surface area (Å²) < 4.78 is 28.5. The Hall–Kier alpha value is -0.810. The molecule has 0 radical (unpaired) electrons. The third kappa shape index (κ3) is 5.47. The number of nitrogens with zero attached hydrogens (tertiary/aromatic N) is 1. The summed E-state index contributed by atoms with van der Waals surface area (Å²) in [5.41, 5.74) is 0.699. The Kier molecular flexibility index (Phi) is 7.46. The average Bonchev–Trinajstić information content (AvgIpc) is 2.41. The molecule has 0 bridgehead atoms. The number of halogens is 2. The van der Waals surface area contributed by atoms with Crippen LogP contribution in [0.1, 0.15) is 32.8 Å². The highest BCUT2D eigenvalue weighted by molar-refractivity contribution is 7.98. The van der Waals surface area contributed by atoms with Crippen LogP contribution in [0.5, 0.6) is 0 Å². The van der Waals surface area contributed by atoms with Crippen molar-refractivity contribution in [3.05, 3.63) is 29.3 Å². The number of anilines is 1. The van der Waals surface area contributed by atoms with Gasteiger partial charge in [-0.2, -0.15) is 11.8 Å². The summed E-state index contributed by atoms with van der Waals surface area (Å²) in [6.07, 6.45) is 2.93. The standard InChI is InChI=1S/C16H26F2N2S/c1-11(2)19-10-13-8-14(17)16(15(18)9-13)20(4)12(3)6-7-21-5/h8-9,11-12,19H,6-7,10H2,1-5H3. The summed E-state index contributed by atoms with van der Waals surface area (Å²) in [5, 5.41) is 3.17. The van der Waals surface area contributed by atoms with Crippen molar-refractivity contribution in [3.63, 3.8) is 0 Å². The van der Waals surface area contributed by atoms with Gasteiger partial charge in [0.1, 0.15) is 17.3 Å². The lowest BCUT2D eigenvalue weighted by Gasteiger charge is -2.28. The third-order valence-electron chi connectivity index (χ3n) is 3.54. The third-order valence-corrected chi connectivity index (χ3v) is 4.19. The van der Waals surface area contributed by atoms with Crippen LogP contribution in [0.4, 0.5) is 14.5 Å². The molecule has 0 fully saturated rings. The van der Waals surface area contributed by atoms with E-state index in [-0.39, 0.29) is 17.8 Å². The minimum atomic E-state index is -0.492. The second-order valence-electron chi connectivity index (χ2n) is 5.69. The van der Waals surface area contributed by atoms with Crippen LogP contribution in [0, 0.1) is 11.6 Å². The van der Waals surface area contributed by atoms with Gasteiger partial charge in [0, 0.05) is 25.7 Å². The molecule has 0 aromatic heterocycles. The zero-order chi connectivity index (χ0) is 16.0. The number of thioether (sulfide) groups is 1.